The van der Waals surface area contributed by atoms with E-state index in [-0.39, 0.29) is 29.7 Å². The minimum absolute atomic E-state index is 0. The smallest absolute Gasteiger partial charge is 0.191 e. The summed E-state index contributed by atoms with van der Waals surface area (Å²) < 4.78 is 5.09. The Bertz CT molecular complexity index is 444. The minimum atomic E-state index is 0. The topological polar surface area (TPSA) is 65.9 Å². The van der Waals surface area contributed by atoms with Gasteiger partial charge in [0.25, 0.3) is 0 Å². The van der Waals surface area contributed by atoms with Gasteiger partial charge in [-0.05, 0) is 19.2 Å². The highest BCUT2D eigenvalue weighted by Crippen LogP contribution is 2.29. The normalized spacial score (nSPS) is 10.7. The number of hydrogen-bond acceptors (Lipinski definition) is 4. The van der Waals surface area contributed by atoms with Gasteiger partial charge in [0.2, 0.25) is 0 Å². The molecule has 0 radical (unpaired) electrons. The number of nitrogens with one attached hydrogen (secondary N) is 2. The van der Waals surface area contributed by atoms with E-state index < -0.39 is 0 Å². The Morgan fingerprint density at radius 3 is 2.76 bits per heavy atom. The zero-order valence-corrected chi connectivity index (χ0v) is 15.8. The van der Waals surface area contributed by atoms with Gasteiger partial charge in [-0.25, -0.2) is 4.99 Å². The molecule has 0 bridgehead atoms. The number of benzene rings is 1. The van der Waals surface area contributed by atoms with Gasteiger partial charge in [-0.3, -0.25) is 0 Å². The molecule has 0 spiro atoms. The summed E-state index contributed by atoms with van der Waals surface area (Å²) >= 11 is 1.78. The first-order valence-corrected chi connectivity index (χ1v) is 7.98. The zero-order chi connectivity index (χ0) is 14.8. The monoisotopic (exact) mass is 425 g/mol. The molecule has 21 heavy (non-hydrogen) atoms. The van der Waals surface area contributed by atoms with Crippen LogP contribution in [-0.2, 0) is 6.54 Å². The van der Waals surface area contributed by atoms with Crippen molar-refractivity contribution < 1.29 is 9.84 Å². The molecule has 1 rings (SSSR count). The number of halogens is 1. The number of para-hydroxylation sites is 1. The second kappa shape index (κ2) is 11.8. The maximum Gasteiger partial charge on any atom is 0.191 e. The van der Waals surface area contributed by atoms with Crippen molar-refractivity contribution in [3.8, 4) is 11.5 Å². The Labute approximate surface area is 148 Å². The van der Waals surface area contributed by atoms with Gasteiger partial charge >= 0.3 is 0 Å². The fourth-order valence-corrected chi connectivity index (χ4v) is 1.94. The molecular formula is C14H24IN3O2S. The van der Waals surface area contributed by atoms with Gasteiger partial charge in [-0.2, -0.15) is 11.8 Å². The number of ether oxygens (including phenoxy) is 1. The molecule has 3 N–H and O–H groups in total. The summed E-state index contributed by atoms with van der Waals surface area (Å²) in [6.07, 6.45) is 2.07. The van der Waals surface area contributed by atoms with Crippen molar-refractivity contribution in [1.82, 2.24) is 10.6 Å². The Balaban J connectivity index is 0.00000400. The molecule has 1 aromatic rings. The quantitative estimate of drug-likeness (QED) is 0.271. The highest BCUT2D eigenvalue weighted by Gasteiger charge is 2.06. The van der Waals surface area contributed by atoms with Crippen LogP contribution in [-0.4, -0.2) is 43.3 Å². The molecule has 0 heterocycles. The number of methoxy groups -OCH3 is 1. The van der Waals surface area contributed by atoms with Crippen LogP contribution in [0.5, 0.6) is 11.5 Å². The molecule has 0 aliphatic carbocycles. The van der Waals surface area contributed by atoms with Gasteiger partial charge < -0.3 is 20.5 Å². The number of hydrogen-bond donors (Lipinski definition) is 3. The number of aromatic hydroxyl groups is 1. The van der Waals surface area contributed by atoms with E-state index in [2.05, 4.69) is 21.9 Å². The average Bonchev–Trinajstić information content (AvgIpc) is 2.46. The molecule has 0 saturated carbocycles. The Hall–Kier alpha value is -0.830. The van der Waals surface area contributed by atoms with Crippen LogP contribution in [0, 0.1) is 0 Å². The van der Waals surface area contributed by atoms with E-state index >= 15 is 0 Å². The molecule has 0 amide bonds. The molecule has 1 aromatic carbocycles. The number of thioether (sulfide) groups is 1. The zero-order valence-electron chi connectivity index (χ0n) is 12.7. The molecule has 0 fully saturated rings. The Morgan fingerprint density at radius 1 is 1.38 bits per heavy atom. The van der Waals surface area contributed by atoms with Gasteiger partial charge in [0, 0.05) is 24.4 Å². The van der Waals surface area contributed by atoms with E-state index in [1.807, 2.05) is 19.1 Å². The molecule has 7 heteroatoms. The van der Waals surface area contributed by atoms with Crippen LogP contribution in [0.15, 0.2) is 23.2 Å². The summed E-state index contributed by atoms with van der Waals surface area (Å²) in [7, 11) is 1.54. The molecule has 0 aliphatic rings. The molecule has 5 nitrogen and oxygen atoms in total. The van der Waals surface area contributed by atoms with Crippen LogP contribution in [0.1, 0.15) is 12.5 Å². The fourth-order valence-electron chi connectivity index (χ4n) is 1.64. The van der Waals surface area contributed by atoms with Crippen molar-refractivity contribution in [2.24, 2.45) is 4.99 Å². The van der Waals surface area contributed by atoms with Crippen LogP contribution in [0.25, 0.3) is 0 Å². The van der Waals surface area contributed by atoms with Crippen LogP contribution >= 0.6 is 35.7 Å². The predicted octanol–water partition coefficient (Wildman–Crippen LogP) is 2.44. The summed E-state index contributed by atoms with van der Waals surface area (Å²) in [5, 5.41) is 16.4. The van der Waals surface area contributed by atoms with E-state index in [1.54, 1.807) is 17.8 Å². The van der Waals surface area contributed by atoms with Crippen molar-refractivity contribution in [3.05, 3.63) is 23.8 Å². The fraction of sp³-hybridized carbons (Fsp3) is 0.500. The van der Waals surface area contributed by atoms with E-state index in [0.717, 1.165) is 30.4 Å². The maximum atomic E-state index is 10.0. The number of phenols is 1. The number of phenolic OH excluding ortho intramolecular Hbond substituents is 1. The molecule has 0 saturated heterocycles. The van der Waals surface area contributed by atoms with Crippen molar-refractivity contribution in [2.45, 2.75) is 13.5 Å². The van der Waals surface area contributed by atoms with Gasteiger partial charge in [-0.1, -0.05) is 12.1 Å². The molecular weight excluding hydrogens is 401 g/mol. The third kappa shape index (κ3) is 7.12. The van der Waals surface area contributed by atoms with Crippen molar-refractivity contribution in [1.29, 1.82) is 0 Å². The van der Waals surface area contributed by atoms with Crippen LogP contribution in [0.2, 0.25) is 0 Å². The van der Waals surface area contributed by atoms with Gasteiger partial charge in [0.15, 0.2) is 17.5 Å². The number of nitrogens with zero attached hydrogens (tertiary/aromatic N) is 1. The molecule has 0 aliphatic heterocycles. The van der Waals surface area contributed by atoms with Crippen LogP contribution in [0.3, 0.4) is 0 Å². The molecule has 0 atom stereocenters. The first kappa shape index (κ1) is 20.2. The summed E-state index contributed by atoms with van der Waals surface area (Å²) in [5.74, 6) is 2.40. The van der Waals surface area contributed by atoms with Crippen LogP contribution in [0.4, 0.5) is 0 Å². The van der Waals surface area contributed by atoms with E-state index in [0.29, 0.717) is 12.3 Å². The third-order valence-electron chi connectivity index (χ3n) is 2.65. The van der Waals surface area contributed by atoms with E-state index in [4.69, 9.17) is 4.74 Å². The maximum absolute atomic E-state index is 10.0. The highest BCUT2D eigenvalue weighted by atomic mass is 127. The summed E-state index contributed by atoms with van der Waals surface area (Å²) in [6.45, 7) is 4.08. The number of guanidine groups is 1. The summed E-state index contributed by atoms with van der Waals surface area (Å²) in [6, 6.07) is 5.41. The predicted molar refractivity (Wildman–Crippen MR) is 101 cm³/mol. The highest BCUT2D eigenvalue weighted by molar-refractivity contribution is 14.0. The SMILES string of the molecule is CCNC(=NCc1cccc(OC)c1O)NCCSC.I. The van der Waals surface area contributed by atoms with Gasteiger partial charge in [-0.15, -0.1) is 24.0 Å². The second-order valence-electron chi connectivity index (χ2n) is 4.08. The van der Waals surface area contributed by atoms with Gasteiger partial charge in [0.05, 0.1) is 13.7 Å². The molecule has 0 aromatic heterocycles. The van der Waals surface area contributed by atoms with E-state index in [9.17, 15) is 5.11 Å². The second-order valence-corrected chi connectivity index (χ2v) is 5.07. The lowest BCUT2D eigenvalue weighted by Crippen LogP contribution is -2.38. The molecule has 0 unspecified atom stereocenters. The summed E-state index contributed by atoms with van der Waals surface area (Å²) in [5.41, 5.74) is 0.742. The standard InChI is InChI=1S/C14H23N3O2S.HI/c1-4-15-14(16-8-9-20-3)17-10-11-6-5-7-12(19-2)13(11)18;/h5-7,18H,4,8-10H2,1-3H3,(H2,15,16,17);1H. The lowest BCUT2D eigenvalue weighted by atomic mass is 10.2. The third-order valence-corrected chi connectivity index (χ3v) is 3.27. The lowest BCUT2D eigenvalue weighted by Gasteiger charge is -2.11. The van der Waals surface area contributed by atoms with Gasteiger partial charge in [0.1, 0.15) is 0 Å². The van der Waals surface area contributed by atoms with Crippen molar-refractivity contribution in [2.75, 3.05) is 32.2 Å². The van der Waals surface area contributed by atoms with Crippen LogP contribution < -0.4 is 15.4 Å². The van der Waals surface area contributed by atoms with Crippen molar-refractivity contribution >= 4 is 41.7 Å². The van der Waals surface area contributed by atoms with E-state index in [1.165, 1.54) is 7.11 Å². The largest absolute Gasteiger partial charge is 0.504 e. The number of aliphatic imine (C=N–C) groups is 1. The first-order chi connectivity index (χ1) is 9.72. The Morgan fingerprint density at radius 2 is 2.14 bits per heavy atom. The Kier molecular flexibility index (Phi) is 11.3. The molecule has 120 valence electrons. The van der Waals surface area contributed by atoms with Crippen molar-refractivity contribution in [3.63, 3.8) is 0 Å². The summed E-state index contributed by atoms with van der Waals surface area (Å²) in [4.78, 5) is 4.46. The minimum Gasteiger partial charge on any atom is -0.504 e. The first-order valence-electron chi connectivity index (χ1n) is 6.58. The lowest BCUT2D eigenvalue weighted by molar-refractivity contribution is 0.370. The average molecular weight is 425 g/mol. The number of rotatable bonds is 7.